The van der Waals surface area contributed by atoms with Crippen molar-refractivity contribution in [3.8, 4) is 0 Å². The number of ketones is 1. The minimum Gasteiger partial charge on any atom is -0.325 e. The summed E-state index contributed by atoms with van der Waals surface area (Å²) in [6.07, 6.45) is 0. The van der Waals surface area contributed by atoms with Gasteiger partial charge in [-0.3, -0.25) is 9.36 Å². The molecule has 0 aromatic heterocycles. The molecule has 0 radical (unpaired) electrons. The van der Waals surface area contributed by atoms with Crippen LogP contribution >= 0.6 is 7.60 Å². The molecule has 0 fully saturated rings. The van der Waals surface area contributed by atoms with Crippen molar-refractivity contribution in [2.24, 2.45) is 11.7 Å². The number of rotatable bonds is 2. The molecule has 0 amide bonds. The van der Waals surface area contributed by atoms with E-state index in [0.29, 0.717) is 0 Å². The van der Waals surface area contributed by atoms with Crippen molar-refractivity contribution in [2.75, 3.05) is 6.66 Å². The zero-order valence-corrected chi connectivity index (χ0v) is 9.28. The Bertz CT molecular complexity index is 192. The minimum atomic E-state index is -3.64. The van der Waals surface area contributed by atoms with E-state index in [-0.39, 0.29) is 32.6 Å². The Balaban J connectivity index is -0.0000000770. The van der Waals surface area contributed by atoms with Crippen LogP contribution in [-0.4, -0.2) is 28.3 Å². The summed E-state index contributed by atoms with van der Waals surface area (Å²) in [6.45, 7) is 6.25. The van der Waals surface area contributed by atoms with Crippen molar-refractivity contribution < 1.29 is 19.1 Å². The lowest BCUT2D eigenvalue weighted by atomic mass is 10.0. The summed E-state index contributed by atoms with van der Waals surface area (Å²) in [5.41, 5.74) is 5.41. The number of Topliss-reactive ketones (excluding diaryl/α,β-unsaturated/α-hetero) is 1. The van der Waals surface area contributed by atoms with Crippen molar-refractivity contribution in [2.45, 2.75) is 41.7 Å². The first-order valence-corrected chi connectivity index (χ1v) is 5.90. The molecule has 0 bridgehead atoms. The maximum Gasteiger partial charge on any atom is 0.322 e. The highest BCUT2D eigenvalue weighted by molar-refractivity contribution is 7.50. The topological polar surface area (TPSA) is 101 Å². The van der Waals surface area contributed by atoms with Gasteiger partial charge in [0.25, 0.3) is 0 Å². The van der Waals surface area contributed by atoms with E-state index in [0.717, 1.165) is 6.66 Å². The first-order valence-electron chi connectivity index (χ1n) is 3.84. The molecule has 0 heterocycles. The van der Waals surface area contributed by atoms with E-state index in [4.69, 9.17) is 15.5 Å². The van der Waals surface area contributed by atoms with E-state index < -0.39 is 7.60 Å². The molecule has 0 aliphatic heterocycles. The molecule has 96 valence electrons. The molecule has 0 spiro atoms. The predicted molar refractivity (Wildman–Crippen MR) is 64.9 cm³/mol. The molecule has 5 nitrogen and oxygen atoms in total. The van der Waals surface area contributed by atoms with Gasteiger partial charge in [-0.05, 0) is 12.8 Å². The van der Waals surface area contributed by atoms with Crippen LogP contribution in [0.15, 0.2) is 0 Å². The molecule has 6 heteroatoms. The fraction of sp³-hybridized carbons (Fsp3) is 0.889. The van der Waals surface area contributed by atoms with Gasteiger partial charge in [0.1, 0.15) is 5.78 Å². The predicted octanol–water partition coefficient (Wildman–Crippen LogP) is 1.62. The van der Waals surface area contributed by atoms with E-state index in [1.807, 2.05) is 13.8 Å². The van der Waals surface area contributed by atoms with Gasteiger partial charge in [0, 0.05) is 6.66 Å². The molecule has 0 rings (SSSR count). The number of nitrogens with two attached hydrogens (primary N) is 1. The fourth-order valence-corrected chi connectivity index (χ4v) is 0.469. The van der Waals surface area contributed by atoms with E-state index in [1.165, 1.54) is 6.92 Å². The van der Waals surface area contributed by atoms with Crippen LogP contribution in [0.3, 0.4) is 0 Å². The third-order valence-electron chi connectivity index (χ3n) is 1.19. The van der Waals surface area contributed by atoms with Gasteiger partial charge in [-0.25, -0.2) is 0 Å². The Kier molecular flexibility index (Phi) is 16.6. The summed E-state index contributed by atoms with van der Waals surface area (Å²) in [4.78, 5) is 25.7. The summed E-state index contributed by atoms with van der Waals surface area (Å²) < 4.78 is 9.33. The van der Waals surface area contributed by atoms with Crippen LogP contribution in [0.4, 0.5) is 0 Å². The molecule has 1 atom stereocenters. The van der Waals surface area contributed by atoms with Crippen LogP contribution in [0.5, 0.6) is 0 Å². The van der Waals surface area contributed by atoms with Crippen LogP contribution in [0, 0.1) is 5.92 Å². The maximum absolute atomic E-state index is 10.5. The highest BCUT2D eigenvalue weighted by Crippen LogP contribution is 2.26. The largest absolute Gasteiger partial charge is 0.325 e. The van der Waals surface area contributed by atoms with Crippen molar-refractivity contribution in [3.63, 3.8) is 0 Å². The molecule has 0 aliphatic rings. The molecule has 0 saturated heterocycles. The van der Waals surface area contributed by atoms with Crippen LogP contribution in [0.1, 0.15) is 35.6 Å². The quantitative estimate of drug-likeness (QED) is 0.640. The third-order valence-corrected chi connectivity index (χ3v) is 1.19. The molecular weight excluding hydrogens is 217 g/mol. The maximum atomic E-state index is 10.5. The summed E-state index contributed by atoms with van der Waals surface area (Å²) in [7, 11) is -3.64. The Hall–Kier alpha value is -0.220. The Morgan fingerprint density at radius 2 is 1.47 bits per heavy atom. The normalized spacial score (nSPS) is 11.5. The van der Waals surface area contributed by atoms with Gasteiger partial charge >= 0.3 is 7.60 Å². The number of carbonyl (C=O) groups is 1. The van der Waals surface area contributed by atoms with E-state index >= 15 is 0 Å². The molecular formula is C9H26NO4P. The summed E-state index contributed by atoms with van der Waals surface area (Å²) >= 11 is 0. The lowest BCUT2D eigenvalue weighted by Crippen LogP contribution is -2.33. The number of hydrogen-bond donors (Lipinski definition) is 3. The molecule has 0 aromatic rings. The van der Waals surface area contributed by atoms with Gasteiger partial charge in [-0.1, -0.05) is 28.7 Å². The average Bonchev–Trinajstić information content (AvgIpc) is 1.81. The first-order chi connectivity index (χ1) is 5.55. The second kappa shape index (κ2) is 10.3. The molecule has 0 saturated carbocycles. The van der Waals surface area contributed by atoms with Crippen molar-refractivity contribution in [1.82, 2.24) is 0 Å². The lowest BCUT2D eigenvalue weighted by Gasteiger charge is -2.09. The molecule has 0 aromatic carbocycles. The van der Waals surface area contributed by atoms with Crippen LogP contribution in [0.2, 0.25) is 0 Å². The smallest absolute Gasteiger partial charge is 0.322 e. The number of carbonyl (C=O) groups excluding carboxylic acids is 1. The third kappa shape index (κ3) is 31.6. The van der Waals surface area contributed by atoms with Crippen LogP contribution in [0.25, 0.3) is 0 Å². The Morgan fingerprint density at radius 1 is 1.27 bits per heavy atom. The highest BCUT2D eigenvalue weighted by Gasteiger charge is 2.10. The van der Waals surface area contributed by atoms with Gasteiger partial charge in [-0.15, -0.1) is 0 Å². The van der Waals surface area contributed by atoms with Gasteiger partial charge in [0.15, 0.2) is 0 Å². The summed E-state index contributed by atoms with van der Waals surface area (Å²) in [5.74, 6) is 0.340. The second-order valence-corrected chi connectivity index (χ2v) is 4.89. The minimum absolute atomic E-state index is 0. The molecule has 4 N–H and O–H groups in total. The second-order valence-electron chi connectivity index (χ2n) is 3.22. The Labute approximate surface area is 93.2 Å². The molecule has 0 aliphatic carbocycles. The Morgan fingerprint density at radius 3 is 1.47 bits per heavy atom. The zero-order chi connectivity index (χ0) is 11.2. The van der Waals surface area contributed by atoms with Gasteiger partial charge in [0.05, 0.1) is 6.04 Å². The van der Waals surface area contributed by atoms with Gasteiger partial charge in [0.2, 0.25) is 0 Å². The van der Waals surface area contributed by atoms with Crippen molar-refractivity contribution >= 4 is 13.4 Å². The summed E-state index contributed by atoms with van der Waals surface area (Å²) in [5, 5.41) is 0. The summed E-state index contributed by atoms with van der Waals surface area (Å²) in [6, 6.07) is -0.269. The molecule has 0 unspecified atom stereocenters. The lowest BCUT2D eigenvalue weighted by molar-refractivity contribution is -0.119. The first kappa shape index (κ1) is 24.2. The SMILES string of the molecule is C.C.CC(=O)[C@@H](N)C(C)C.CP(=O)(O)O. The average molecular weight is 243 g/mol. The fourth-order valence-electron chi connectivity index (χ4n) is 0.469. The number of hydrogen-bond acceptors (Lipinski definition) is 3. The van der Waals surface area contributed by atoms with Crippen molar-refractivity contribution in [3.05, 3.63) is 0 Å². The van der Waals surface area contributed by atoms with Crippen LogP contribution in [-0.2, 0) is 9.36 Å². The van der Waals surface area contributed by atoms with E-state index in [9.17, 15) is 9.36 Å². The standard InChI is InChI=1S/C6H13NO.CH5O3P.2CH4/c1-4(2)6(7)5(3)8;1-5(2,3)4;;/h4,6H,7H2,1-3H3;1H3,(H2,2,3,4);2*1H4/t6-;;;/m0.../s1. The van der Waals surface area contributed by atoms with Gasteiger partial charge < -0.3 is 15.5 Å². The van der Waals surface area contributed by atoms with Crippen molar-refractivity contribution in [1.29, 1.82) is 0 Å². The zero-order valence-electron chi connectivity index (χ0n) is 8.39. The highest BCUT2D eigenvalue weighted by atomic mass is 31.2. The van der Waals surface area contributed by atoms with E-state index in [1.54, 1.807) is 0 Å². The van der Waals surface area contributed by atoms with Gasteiger partial charge in [-0.2, -0.15) is 0 Å². The van der Waals surface area contributed by atoms with E-state index in [2.05, 4.69) is 0 Å². The van der Waals surface area contributed by atoms with Crippen LogP contribution < -0.4 is 5.73 Å². The molecule has 15 heavy (non-hydrogen) atoms. The monoisotopic (exact) mass is 243 g/mol.